The summed E-state index contributed by atoms with van der Waals surface area (Å²) in [6.45, 7) is 3.95. The second-order valence-electron chi connectivity index (χ2n) is 2.29. The molecule has 0 rings (SSSR count). The predicted octanol–water partition coefficient (Wildman–Crippen LogP) is 3.29. The molecule has 0 aromatic carbocycles. The minimum absolute atomic E-state index is 0.618. The topological polar surface area (TPSA) is 0 Å². The summed E-state index contributed by atoms with van der Waals surface area (Å²) in [7, 11) is -1.93. The first-order valence-electron chi connectivity index (χ1n) is 3.43. The first-order chi connectivity index (χ1) is 4.12. The molecule has 0 heterocycles. The van der Waals surface area contributed by atoms with Gasteiger partial charge in [-0.05, 0) is 6.42 Å². The van der Waals surface area contributed by atoms with Crippen LogP contribution in [0.1, 0.15) is 26.7 Å². The molecule has 0 amide bonds. The first-order valence-corrected chi connectivity index (χ1v) is 5.48. The highest BCUT2D eigenvalue weighted by molar-refractivity contribution is 8.30. The zero-order chi connectivity index (χ0) is 7.33. The zero-order valence-electron chi connectivity index (χ0n) is 6.32. The lowest BCUT2D eigenvalue weighted by Gasteiger charge is -2.22. The molecular weight excluding hydrogens is 135 g/mol. The predicted molar refractivity (Wildman–Crippen MR) is 44.4 cm³/mol. The van der Waals surface area contributed by atoms with Gasteiger partial charge in [0.25, 0.3) is 0 Å². The molecule has 0 nitrogen and oxygen atoms in total. The molecule has 0 aliphatic carbocycles. The van der Waals surface area contributed by atoms with Crippen LogP contribution in [0.5, 0.6) is 0 Å². The molecule has 0 bridgehead atoms. The van der Waals surface area contributed by atoms with Crippen molar-refractivity contribution in [2.75, 3.05) is 11.5 Å². The Balaban J connectivity index is 3.33. The lowest BCUT2D eigenvalue weighted by atomic mass is 10.4. The Labute approximate surface area is 59.4 Å². The highest BCUT2D eigenvalue weighted by atomic mass is 32.3. The van der Waals surface area contributed by atoms with E-state index in [0.717, 1.165) is 12.8 Å². The van der Waals surface area contributed by atoms with Crippen LogP contribution in [0.3, 0.4) is 0 Å². The van der Waals surface area contributed by atoms with E-state index in [1.807, 2.05) is 6.92 Å². The van der Waals surface area contributed by atoms with Crippen molar-refractivity contribution in [2.24, 2.45) is 0 Å². The smallest absolute Gasteiger partial charge is 0.0135 e. The second kappa shape index (κ2) is 4.15. The van der Waals surface area contributed by atoms with E-state index in [9.17, 15) is 3.89 Å². The van der Waals surface area contributed by atoms with Crippen LogP contribution in [-0.4, -0.2) is 11.5 Å². The summed E-state index contributed by atoms with van der Waals surface area (Å²) >= 11 is 0. The average Bonchev–Trinajstić information content (AvgIpc) is 1.84. The van der Waals surface area contributed by atoms with Gasteiger partial charge in [0, 0.05) is 17.8 Å². The fourth-order valence-corrected chi connectivity index (χ4v) is 1.64. The molecule has 1 unspecified atom stereocenters. The number of rotatable bonds is 4. The van der Waals surface area contributed by atoms with E-state index >= 15 is 0 Å². The van der Waals surface area contributed by atoms with Gasteiger partial charge in [-0.25, -0.2) is 0 Å². The minimum Gasteiger partial charge on any atom is -0.189 e. The Kier molecular flexibility index (Phi) is 4.28. The van der Waals surface area contributed by atoms with Crippen LogP contribution >= 0.6 is 10.4 Å². The van der Waals surface area contributed by atoms with E-state index in [2.05, 4.69) is 13.2 Å². The Bertz CT molecular complexity index is 71.3. The van der Waals surface area contributed by atoms with Gasteiger partial charge in [-0.1, -0.05) is 30.7 Å². The third-order valence-corrected chi connectivity index (χ3v) is 3.44. The number of halogens is 1. The van der Waals surface area contributed by atoms with Crippen molar-refractivity contribution in [3.05, 3.63) is 6.26 Å². The Hall–Kier alpha value is 0.280. The van der Waals surface area contributed by atoms with Crippen molar-refractivity contribution < 1.29 is 3.89 Å². The number of hydrogen-bond donors (Lipinski definition) is 0. The lowest BCUT2D eigenvalue weighted by Crippen LogP contribution is -1.96. The molecule has 0 spiro atoms. The molecule has 0 fully saturated rings. The van der Waals surface area contributed by atoms with Crippen molar-refractivity contribution in [1.82, 2.24) is 0 Å². The molecule has 1 atom stereocenters. The summed E-state index contributed by atoms with van der Waals surface area (Å²) in [5, 5.41) is 0. The van der Waals surface area contributed by atoms with Crippen LogP contribution in [0.2, 0.25) is 0 Å². The lowest BCUT2D eigenvalue weighted by molar-refractivity contribution is 0.839. The van der Waals surface area contributed by atoms with Crippen molar-refractivity contribution in [1.29, 1.82) is 0 Å². The van der Waals surface area contributed by atoms with E-state index in [1.165, 1.54) is 0 Å². The normalized spacial score (nSPS) is 20.9. The fraction of sp³-hybridized carbons (Fsp3) is 0.857. The van der Waals surface area contributed by atoms with E-state index < -0.39 is 10.4 Å². The maximum Gasteiger partial charge on any atom is 0.0135 e. The SMILES string of the molecule is [CH2]S(F)(CC)CCCC. The molecular formula is C7H16FS. The molecule has 0 aromatic rings. The highest BCUT2D eigenvalue weighted by Crippen LogP contribution is 2.47. The molecule has 57 valence electrons. The van der Waals surface area contributed by atoms with Crippen LogP contribution in [0, 0.1) is 6.26 Å². The van der Waals surface area contributed by atoms with Crippen molar-refractivity contribution in [3.8, 4) is 0 Å². The Morgan fingerprint density at radius 1 is 1.44 bits per heavy atom. The van der Waals surface area contributed by atoms with Crippen LogP contribution in [0.4, 0.5) is 3.89 Å². The summed E-state index contributed by atoms with van der Waals surface area (Å²) in [4.78, 5) is 0. The zero-order valence-corrected chi connectivity index (χ0v) is 7.14. The van der Waals surface area contributed by atoms with Crippen LogP contribution < -0.4 is 0 Å². The van der Waals surface area contributed by atoms with E-state index in [-0.39, 0.29) is 0 Å². The standard InChI is InChI=1S/C7H16FS/c1-4-6-7-9(3,8)5-2/h3-7H2,1-2H3. The Morgan fingerprint density at radius 3 is 2.33 bits per heavy atom. The van der Waals surface area contributed by atoms with Gasteiger partial charge in [0.15, 0.2) is 0 Å². The summed E-state index contributed by atoms with van der Waals surface area (Å²) < 4.78 is 13.0. The van der Waals surface area contributed by atoms with E-state index in [4.69, 9.17) is 0 Å². The van der Waals surface area contributed by atoms with Crippen LogP contribution in [0.15, 0.2) is 0 Å². The van der Waals surface area contributed by atoms with Crippen molar-refractivity contribution in [2.45, 2.75) is 26.7 Å². The maximum absolute atomic E-state index is 13.0. The molecule has 0 N–H and O–H groups in total. The molecule has 0 aliphatic rings. The van der Waals surface area contributed by atoms with Crippen LogP contribution in [-0.2, 0) is 0 Å². The second-order valence-corrected chi connectivity index (χ2v) is 5.15. The molecule has 2 heteroatoms. The molecule has 0 saturated heterocycles. The van der Waals surface area contributed by atoms with Gasteiger partial charge in [0.05, 0.1) is 0 Å². The molecule has 0 saturated carbocycles. The van der Waals surface area contributed by atoms with Crippen molar-refractivity contribution in [3.63, 3.8) is 0 Å². The molecule has 0 aromatic heterocycles. The minimum atomic E-state index is -1.93. The van der Waals surface area contributed by atoms with E-state index in [0.29, 0.717) is 11.5 Å². The maximum atomic E-state index is 13.0. The average molecular weight is 151 g/mol. The van der Waals surface area contributed by atoms with Gasteiger partial charge in [0.2, 0.25) is 0 Å². The quantitative estimate of drug-likeness (QED) is 0.578. The van der Waals surface area contributed by atoms with Gasteiger partial charge in [-0.2, -0.15) is 3.89 Å². The van der Waals surface area contributed by atoms with Gasteiger partial charge in [-0.15, -0.1) is 0 Å². The number of hydrogen-bond acceptors (Lipinski definition) is 0. The van der Waals surface area contributed by atoms with Gasteiger partial charge < -0.3 is 0 Å². The van der Waals surface area contributed by atoms with Gasteiger partial charge in [-0.3, -0.25) is 0 Å². The van der Waals surface area contributed by atoms with E-state index in [1.54, 1.807) is 0 Å². The fourth-order valence-electron chi connectivity index (χ4n) is 0.547. The van der Waals surface area contributed by atoms with Gasteiger partial charge in [0.1, 0.15) is 0 Å². The first kappa shape index (κ1) is 9.28. The largest absolute Gasteiger partial charge is 0.189 e. The third kappa shape index (κ3) is 4.76. The summed E-state index contributed by atoms with van der Waals surface area (Å²) in [6.07, 6.45) is 5.61. The third-order valence-electron chi connectivity index (χ3n) is 1.38. The highest BCUT2D eigenvalue weighted by Gasteiger charge is 2.11. The van der Waals surface area contributed by atoms with Crippen molar-refractivity contribution >= 4 is 10.4 Å². The molecule has 0 aliphatic heterocycles. The van der Waals surface area contributed by atoms with Gasteiger partial charge >= 0.3 is 0 Å². The summed E-state index contributed by atoms with van der Waals surface area (Å²) in [5.41, 5.74) is 0. The summed E-state index contributed by atoms with van der Waals surface area (Å²) in [6, 6.07) is 0. The molecule has 9 heavy (non-hydrogen) atoms. The number of unbranched alkanes of at least 4 members (excludes halogenated alkanes) is 1. The summed E-state index contributed by atoms with van der Waals surface area (Å²) in [5.74, 6) is 1.31. The van der Waals surface area contributed by atoms with Crippen LogP contribution in [0.25, 0.3) is 0 Å². The monoisotopic (exact) mass is 151 g/mol. The molecule has 1 radical (unpaired) electrons. The Morgan fingerprint density at radius 2 is 2.00 bits per heavy atom.